The first-order valence-electron chi connectivity index (χ1n) is 3.84. The third-order valence-electron chi connectivity index (χ3n) is 1.27. The summed E-state index contributed by atoms with van der Waals surface area (Å²) in [5, 5.41) is 0. The van der Waals surface area contributed by atoms with Crippen LogP contribution in [0.5, 0.6) is 0 Å². The minimum Gasteiger partial charge on any atom is -0.382 e. The Labute approximate surface area is 68.6 Å². The molecule has 0 aromatic heterocycles. The van der Waals surface area contributed by atoms with Crippen LogP contribution in [0.15, 0.2) is 0 Å². The molecule has 0 aliphatic heterocycles. The molecule has 0 aliphatic rings. The van der Waals surface area contributed by atoms with Crippen LogP contribution in [0, 0.1) is 0 Å². The van der Waals surface area contributed by atoms with E-state index in [-0.39, 0.29) is 12.2 Å². The number of methoxy groups -OCH3 is 2. The van der Waals surface area contributed by atoms with E-state index in [1.165, 1.54) is 0 Å². The maximum Gasteiger partial charge on any atom is 0.0785 e. The number of hydrogen-bond acceptors (Lipinski definition) is 3. The van der Waals surface area contributed by atoms with Gasteiger partial charge in [-0.05, 0) is 13.8 Å². The van der Waals surface area contributed by atoms with E-state index in [4.69, 9.17) is 14.2 Å². The van der Waals surface area contributed by atoms with Gasteiger partial charge in [-0.3, -0.25) is 0 Å². The summed E-state index contributed by atoms with van der Waals surface area (Å²) in [5.74, 6) is 0. The minimum absolute atomic E-state index is 0.144. The molecule has 0 unspecified atom stereocenters. The van der Waals surface area contributed by atoms with Crippen LogP contribution >= 0.6 is 0 Å². The zero-order valence-corrected chi connectivity index (χ0v) is 7.79. The summed E-state index contributed by atoms with van der Waals surface area (Å²) in [6.45, 7) is 5.23. The Hall–Kier alpha value is -0.120. The summed E-state index contributed by atoms with van der Waals surface area (Å²) in [6.07, 6.45) is 0.287. The Morgan fingerprint density at radius 2 is 1.27 bits per heavy atom. The van der Waals surface area contributed by atoms with Crippen LogP contribution in [0.4, 0.5) is 0 Å². The zero-order valence-electron chi connectivity index (χ0n) is 7.79. The topological polar surface area (TPSA) is 27.7 Å². The first kappa shape index (κ1) is 10.9. The van der Waals surface area contributed by atoms with Crippen LogP contribution in [-0.4, -0.2) is 39.6 Å². The predicted molar refractivity (Wildman–Crippen MR) is 43.8 cm³/mol. The molecule has 0 aromatic rings. The van der Waals surface area contributed by atoms with Gasteiger partial charge in [0, 0.05) is 14.2 Å². The maximum atomic E-state index is 5.48. The van der Waals surface area contributed by atoms with Gasteiger partial charge >= 0.3 is 0 Å². The molecule has 3 nitrogen and oxygen atoms in total. The first-order chi connectivity index (χ1) is 5.20. The number of ether oxygens (including phenoxy) is 3. The smallest absolute Gasteiger partial charge is 0.0785 e. The molecular formula is C8H18O3. The molecule has 68 valence electrons. The standard InChI is InChI=1S/C8H18O3/c1-7(5-9-3)11-8(2)6-10-4/h7-8H,5-6H2,1-4H3/t7-,8+. The van der Waals surface area contributed by atoms with E-state index < -0.39 is 0 Å². The van der Waals surface area contributed by atoms with Gasteiger partial charge in [0.1, 0.15) is 0 Å². The van der Waals surface area contributed by atoms with Gasteiger partial charge in [-0.15, -0.1) is 0 Å². The monoisotopic (exact) mass is 162 g/mol. The Morgan fingerprint density at radius 3 is 1.55 bits per heavy atom. The van der Waals surface area contributed by atoms with Crippen molar-refractivity contribution in [2.75, 3.05) is 27.4 Å². The van der Waals surface area contributed by atoms with Gasteiger partial charge in [-0.25, -0.2) is 0 Å². The van der Waals surface area contributed by atoms with Crippen molar-refractivity contribution in [1.29, 1.82) is 0 Å². The van der Waals surface area contributed by atoms with Crippen LogP contribution in [0.1, 0.15) is 13.8 Å². The Balaban J connectivity index is 3.32. The Morgan fingerprint density at radius 1 is 0.909 bits per heavy atom. The van der Waals surface area contributed by atoms with Crippen molar-refractivity contribution in [3.05, 3.63) is 0 Å². The average Bonchev–Trinajstić information content (AvgIpc) is 1.87. The molecule has 0 radical (unpaired) electrons. The highest BCUT2D eigenvalue weighted by Gasteiger charge is 2.06. The highest BCUT2D eigenvalue weighted by Crippen LogP contribution is 1.98. The molecule has 0 heterocycles. The molecule has 0 fully saturated rings. The quantitative estimate of drug-likeness (QED) is 0.584. The molecule has 0 aliphatic carbocycles. The summed E-state index contributed by atoms with van der Waals surface area (Å²) >= 11 is 0. The second kappa shape index (κ2) is 6.58. The van der Waals surface area contributed by atoms with Crippen molar-refractivity contribution in [3.63, 3.8) is 0 Å². The fourth-order valence-electron chi connectivity index (χ4n) is 0.945. The summed E-state index contributed by atoms with van der Waals surface area (Å²) in [5.41, 5.74) is 0. The van der Waals surface area contributed by atoms with E-state index in [0.29, 0.717) is 13.2 Å². The molecule has 0 aromatic carbocycles. The first-order valence-corrected chi connectivity index (χ1v) is 3.84. The van der Waals surface area contributed by atoms with E-state index >= 15 is 0 Å². The summed E-state index contributed by atoms with van der Waals surface area (Å²) < 4.78 is 15.3. The molecule has 0 spiro atoms. The second-order valence-electron chi connectivity index (χ2n) is 2.67. The molecule has 11 heavy (non-hydrogen) atoms. The van der Waals surface area contributed by atoms with Gasteiger partial charge in [-0.1, -0.05) is 0 Å². The normalized spacial score (nSPS) is 16.4. The van der Waals surface area contributed by atoms with Crippen molar-refractivity contribution >= 4 is 0 Å². The zero-order chi connectivity index (χ0) is 8.69. The summed E-state index contributed by atoms with van der Waals surface area (Å²) in [7, 11) is 3.34. The molecule has 2 atom stereocenters. The molecule has 3 heteroatoms. The third kappa shape index (κ3) is 6.28. The highest BCUT2D eigenvalue weighted by molar-refractivity contribution is 4.52. The van der Waals surface area contributed by atoms with Crippen LogP contribution in [0.3, 0.4) is 0 Å². The molecule has 0 rings (SSSR count). The molecule has 0 saturated carbocycles. The van der Waals surface area contributed by atoms with Gasteiger partial charge in [0.2, 0.25) is 0 Å². The van der Waals surface area contributed by atoms with E-state index in [1.807, 2.05) is 13.8 Å². The molecule has 0 saturated heterocycles. The van der Waals surface area contributed by atoms with E-state index in [1.54, 1.807) is 14.2 Å². The van der Waals surface area contributed by atoms with Crippen LogP contribution in [0.25, 0.3) is 0 Å². The molecule has 0 amide bonds. The van der Waals surface area contributed by atoms with Crippen molar-refractivity contribution in [2.45, 2.75) is 26.1 Å². The maximum absolute atomic E-state index is 5.48. The van der Waals surface area contributed by atoms with Crippen LogP contribution in [0.2, 0.25) is 0 Å². The number of rotatable bonds is 6. The predicted octanol–water partition coefficient (Wildman–Crippen LogP) is 1.07. The van der Waals surface area contributed by atoms with E-state index in [9.17, 15) is 0 Å². The van der Waals surface area contributed by atoms with E-state index in [0.717, 1.165) is 0 Å². The lowest BCUT2D eigenvalue weighted by atomic mass is 10.4. The second-order valence-corrected chi connectivity index (χ2v) is 2.67. The van der Waals surface area contributed by atoms with Crippen molar-refractivity contribution < 1.29 is 14.2 Å². The van der Waals surface area contributed by atoms with E-state index in [2.05, 4.69) is 0 Å². The van der Waals surface area contributed by atoms with Gasteiger partial charge in [0.25, 0.3) is 0 Å². The van der Waals surface area contributed by atoms with Gasteiger partial charge in [0.05, 0.1) is 25.4 Å². The fraction of sp³-hybridized carbons (Fsp3) is 1.00. The van der Waals surface area contributed by atoms with Crippen LogP contribution in [-0.2, 0) is 14.2 Å². The molecule has 0 N–H and O–H groups in total. The fourth-order valence-corrected chi connectivity index (χ4v) is 0.945. The van der Waals surface area contributed by atoms with Gasteiger partial charge in [-0.2, -0.15) is 0 Å². The minimum atomic E-state index is 0.144. The van der Waals surface area contributed by atoms with Crippen molar-refractivity contribution in [3.8, 4) is 0 Å². The lowest BCUT2D eigenvalue weighted by Crippen LogP contribution is -2.24. The van der Waals surface area contributed by atoms with Gasteiger partial charge in [0.15, 0.2) is 0 Å². The summed E-state index contributed by atoms with van der Waals surface area (Å²) in [6, 6.07) is 0. The molecule has 0 bridgehead atoms. The lowest BCUT2D eigenvalue weighted by molar-refractivity contribution is -0.0572. The largest absolute Gasteiger partial charge is 0.382 e. The van der Waals surface area contributed by atoms with Crippen molar-refractivity contribution in [1.82, 2.24) is 0 Å². The highest BCUT2D eigenvalue weighted by atomic mass is 16.6. The Kier molecular flexibility index (Phi) is 6.51. The van der Waals surface area contributed by atoms with Crippen molar-refractivity contribution in [2.24, 2.45) is 0 Å². The summed E-state index contributed by atoms with van der Waals surface area (Å²) in [4.78, 5) is 0. The number of hydrogen-bond donors (Lipinski definition) is 0. The average molecular weight is 162 g/mol. The lowest BCUT2D eigenvalue weighted by Gasteiger charge is -2.17. The SMILES string of the molecule is COC[C@@H](C)O[C@@H](C)COC. The third-order valence-corrected chi connectivity index (χ3v) is 1.27. The molecular weight excluding hydrogens is 144 g/mol. The van der Waals surface area contributed by atoms with Gasteiger partial charge < -0.3 is 14.2 Å². The Bertz CT molecular complexity index is 75.4. The van der Waals surface area contributed by atoms with Crippen LogP contribution < -0.4 is 0 Å².